The van der Waals surface area contributed by atoms with Gasteiger partial charge in [-0.1, -0.05) is 29.8 Å². The average molecular weight is 451 g/mol. The van der Waals surface area contributed by atoms with Gasteiger partial charge in [0, 0.05) is 43.6 Å². The number of hydrogen-bond acceptors (Lipinski definition) is 5. The molecule has 32 heavy (non-hydrogen) atoms. The Morgan fingerprint density at radius 3 is 2.31 bits per heavy atom. The quantitative estimate of drug-likeness (QED) is 0.644. The molecule has 0 unspecified atom stereocenters. The second kappa shape index (κ2) is 9.00. The van der Waals surface area contributed by atoms with Gasteiger partial charge in [-0.3, -0.25) is 9.52 Å². The molecule has 1 fully saturated rings. The van der Waals surface area contributed by atoms with Gasteiger partial charge in [0.15, 0.2) is 0 Å². The molecule has 2 heterocycles. The molecule has 0 spiro atoms. The molecular formula is C24H26N4O3S. The van der Waals surface area contributed by atoms with Crippen molar-refractivity contribution < 1.29 is 13.2 Å². The van der Waals surface area contributed by atoms with Crippen molar-refractivity contribution in [2.24, 2.45) is 0 Å². The van der Waals surface area contributed by atoms with Crippen LogP contribution in [0.25, 0.3) is 0 Å². The number of carbonyl (C=O) groups is 1. The summed E-state index contributed by atoms with van der Waals surface area (Å²) in [5, 5.41) is 0. The van der Waals surface area contributed by atoms with Crippen molar-refractivity contribution in [3.05, 3.63) is 83.6 Å². The van der Waals surface area contributed by atoms with Crippen molar-refractivity contribution in [2.45, 2.75) is 18.7 Å². The molecule has 1 aromatic heterocycles. The van der Waals surface area contributed by atoms with Crippen molar-refractivity contribution in [3.63, 3.8) is 0 Å². The number of benzene rings is 2. The fourth-order valence-electron chi connectivity index (χ4n) is 3.68. The Balaban J connectivity index is 1.50. The summed E-state index contributed by atoms with van der Waals surface area (Å²) >= 11 is 0. The molecule has 3 aromatic rings. The zero-order valence-corrected chi connectivity index (χ0v) is 19.0. The van der Waals surface area contributed by atoms with Gasteiger partial charge in [0.25, 0.3) is 15.9 Å². The lowest BCUT2D eigenvalue weighted by Gasteiger charge is -2.35. The first-order valence-electron chi connectivity index (χ1n) is 10.5. The van der Waals surface area contributed by atoms with Crippen molar-refractivity contribution in [2.75, 3.05) is 35.8 Å². The van der Waals surface area contributed by atoms with Gasteiger partial charge in [-0.15, -0.1) is 0 Å². The number of rotatable bonds is 5. The maximum absolute atomic E-state index is 13.2. The summed E-state index contributed by atoms with van der Waals surface area (Å²) in [5.41, 5.74) is 2.67. The SMILES string of the molecule is Cc1ccc(NS(=O)(=O)c2ccc(C)c(C(=O)N3CCN(c4ccccn4)CC3)c2)cc1. The number of piperazine rings is 1. The molecule has 7 nitrogen and oxygen atoms in total. The topological polar surface area (TPSA) is 82.6 Å². The zero-order valence-electron chi connectivity index (χ0n) is 18.2. The maximum Gasteiger partial charge on any atom is 0.261 e. The molecule has 166 valence electrons. The van der Waals surface area contributed by atoms with Crippen molar-refractivity contribution in [3.8, 4) is 0 Å². The molecule has 8 heteroatoms. The molecule has 0 aliphatic carbocycles. The van der Waals surface area contributed by atoms with Crippen molar-refractivity contribution >= 4 is 27.4 Å². The van der Waals surface area contributed by atoms with Crippen LogP contribution < -0.4 is 9.62 Å². The van der Waals surface area contributed by atoms with Gasteiger partial charge in [0.1, 0.15) is 5.82 Å². The minimum Gasteiger partial charge on any atom is -0.353 e. The van der Waals surface area contributed by atoms with Crippen LogP contribution in [0.1, 0.15) is 21.5 Å². The fraction of sp³-hybridized carbons (Fsp3) is 0.250. The summed E-state index contributed by atoms with van der Waals surface area (Å²) in [5.74, 6) is 0.738. The Labute approximate surface area is 188 Å². The van der Waals surface area contributed by atoms with Crippen LogP contribution in [-0.4, -0.2) is 50.4 Å². The lowest BCUT2D eigenvalue weighted by Crippen LogP contribution is -2.49. The first-order valence-corrected chi connectivity index (χ1v) is 12.0. The number of aromatic nitrogens is 1. The third-order valence-electron chi connectivity index (χ3n) is 5.59. The van der Waals surface area contributed by atoms with E-state index in [0.717, 1.165) is 16.9 Å². The Kier molecular flexibility index (Phi) is 6.14. The van der Waals surface area contributed by atoms with Gasteiger partial charge in [-0.05, 0) is 55.8 Å². The molecule has 4 rings (SSSR count). The van der Waals surface area contributed by atoms with Gasteiger partial charge in [-0.2, -0.15) is 0 Å². The predicted molar refractivity (Wildman–Crippen MR) is 126 cm³/mol. The molecule has 0 atom stereocenters. The molecule has 1 aliphatic rings. The Hall–Kier alpha value is -3.39. The number of aryl methyl sites for hydroxylation is 2. The highest BCUT2D eigenvalue weighted by atomic mass is 32.2. The van der Waals surface area contributed by atoms with Crippen LogP contribution in [0.15, 0.2) is 71.8 Å². The average Bonchev–Trinajstić information content (AvgIpc) is 2.81. The van der Waals surface area contributed by atoms with E-state index in [2.05, 4.69) is 14.6 Å². The fourth-order valence-corrected chi connectivity index (χ4v) is 4.77. The number of hydrogen-bond donors (Lipinski definition) is 1. The van der Waals surface area contributed by atoms with E-state index in [9.17, 15) is 13.2 Å². The molecule has 2 aromatic carbocycles. The third-order valence-corrected chi connectivity index (χ3v) is 6.97. The Morgan fingerprint density at radius 1 is 0.938 bits per heavy atom. The van der Waals surface area contributed by atoms with Gasteiger partial charge in [-0.25, -0.2) is 13.4 Å². The lowest BCUT2D eigenvalue weighted by atomic mass is 10.1. The van der Waals surface area contributed by atoms with E-state index in [1.54, 1.807) is 29.3 Å². The van der Waals surface area contributed by atoms with Crippen molar-refractivity contribution in [1.29, 1.82) is 0 Å². The summed E-state index contributed by atoms with van der Waals surface area (Å²) in [4.78, 5) is 21.6. The van der Waals surface area contributed by atoms with E-state index in [1.165, 1.54) is 12.1 Å². The first-order chi connectivity index (χ1) is 15.3. The Morgan fingerprint density at radius 2 is 1.66 bits per heavy atom. The van der Waals surface area contributed by atoms with Gasteiger partial charge in [0.05, 0.1) is 4.90 Å². The van der Waals surface area contributed by atoms with E-state index < -0.39 is 10.0 Å². The highest BCUT2D eigenvalue weighted by molar-refractivity contribution is 7.92. The second-order valence-electron chi connectivity index (χ2n) is 7.92. The highest BCUT2D eigenvalue weighted by Crippen LogP contribution is 2.22. The molecular weight excluding hydrogens is 424 g/mol. The predicted octanol–water partition coefficient (Wildman–Crippen LogP) is 3.46. The summed E-state index contributed by atoms with van der Waals surface area (Å²) < 4.78 is 28.4. The van der Waals surface area contributed by atoms with Crippen LogP contribution in [-0.2, 0) is 10.0 Å². The van der Waals surface area contributed by atoms with E-state index >= 15 is 0 Å². The van der Waals surface area contributed by atoms with Crippen molar-refractivity contribution in [1.82, 2.24) is 9.88 Å². The third kappa shape index (κ3) is 4.75. The van der Waals surface area contributed by atoms with Crippen LogP contribution >= 0.6 is 0 Å². The summed E-state index contributed by atoms with van der Waals surface area (Å²) in [6.07, 6.45) is 1.76. The maximum atomic E-state index is 13.2. The molecule has 1 N–H and O–H groups in total. The lowest BCUT2D eigenvalue weighted by molar-refractivity contribution is 0.0745. The summed E-state index contributed by atoms with van der Waals surface area (Å²) in [6.45, 7) is 6.21. The summed E-state index contributed by atoms with van der Waals surface area (Å²) in [7, 11) is -3.81. The number of nitrogens with one attached hydrogen (secondary N) is 1. The van der Waals surface area contributed by atoms with Gasteiger partial charge < -0.3 is 9.80 Å². The molecule has 0 saturated carbocycles. The smallest absolute Gasteiger partial charge is 0.261 e. The van der Waals surface area contributed by atoms with Gasteiger partial charge >= 0.3 is 0 Å². The second-order valence-corrected chi connectivity index (χ2v) is 9.60. The Bertz CT molecular complexity index is 1200. The molecule has 1 amide bonds. The van der Waals surface area contributed by atoms with Crippen LogP contribution in [0, 0.1) is 13.8 Å². The number of amides is 1. The van der Waals surface area contributed by atoms with E-state index in [4.69, 9.17) is 0 Å². The molecule has 0 bridgehead atoms. The largest absolute Gasteiger partial charge is 0.353 e. The standard InChI is InChI=1S/C24H26N4O3S/c1-18-6-9-20(10-7-18)26-32(30,31)21-11-8-19(2)22(17-21)24(29)28-15-13-27(14-16-28)23-5-3-4-12-25-23/h3-12,17,26H,13-16H2,1-2H3. The molecule has 1 aliphatic heterocycles. The van der Waals surface area contributed by atoms with Crippen LogP contribution in [0.5, 0.6) is 0 Å². The van der Waals surface area contributed by atoms with Crippen LogP contribution in [0.2, 0.25) is 0 Å². The minimum absolute atomic E-state index is 0.0687. The minimum atomic E-state index is -3.81. The monoisotopic (exact) mass is 450 g/mol. The molecule has 0 radical (unpaired) electrons. The number of nitrogens with zero attached hydrogens (tertiary/aromatic N) is 3. The van der Waals surface area contributed by atoms with Crippen LogP contribution in [0.3, 0.4) is 0 Å². The van der Waals surface area contributed by atoms with Crippen LogP contribution in [0.4, 0.5) is 11.5 Å². The van der Waals surface area contributed by atoms with E-state index in [-0.39, 0.29) is 10.8 Å². The normalized spacial score (nSPS) is 14.3. The van der Waals surface area contributed by atoms with Gasteiger partial charge in [0.2, 0.25) is 0 Å². The van der Waals surface area contributed by atoms with E-state index in [0.29, 0.717) is 37.4 Å². The number of pyridine rings is 1. The number of carbonyl (C=O) groups excluding carboxylic acids is 1. The number of sulfonamides is 1. The zero-order chi connectivity index (χ0) is 22.7. The number of anilines is 2. The highest BCUT2D eigenvalue weighted by Gasteiger charge is 2.25. The summed E-state index contributed by atoms with van der Waals surface area (Å²) in [6, 6.07) is 17.6. The van der Waals surface area contributed by atoms with E-state index in [1.807, 2.05) is 44.2 Å². The first kappa shape index (κ1) is 21.8. The molecule has 1 saturated heterocycles.